The Bertz CT molecular complexity index is 339. The van der Waals surface area contributed by atoms with Gasteiger partial charge in [0.15, 0.2) is 5.69 Å². The molecular weight excluding hydrogens is 198 g/mol. The van der Waals surface area contributed by atoms with Crippen LogP contribution in [0.1, 0.15) is 10.5 Å². The van der Waals surface area contributed by atoms with E-state index in [1.54, 1.807) is 7.05 Å². The fraction of sp³-hybridized carbons (Fsp3) is 0.625. The van der Waals surface area contributed by atoms with Crippen molar-refractivity contribution in [1.29, 1.82) is 0 Å². The first-order chi connectivity index (χ1) is 7.20. The minimum atomic E-state index is -0.522. The number of H-pyrrole nitrogens is 1. The first-order valence-electron chi connectivity index (χ1n) is 4.72. The molecule has 0 aromatic carbocycles. The molecule has 0 aliphatic carbocycles. The van der Waals surface area contributed by atoms with E-state index in [9.17, 15) is 9.90 Å². The van der Waals surface area contributed by atoms with E-state index < -0.39 is 6.10 Å². The van der Waals surface area contributed by atoms with Crippen LogP contribution in [0.25, 0.3) is 0 Å². The number of aromatic amines is 1. The molecule has 1 amide bonds. The maximum Gasteiger partial charge on any atom is 0.276 e. The molecule has 0 unspecified atom stereocenters. The molecule has 2 atom stereocenters. The predicted molar refractivity (Wildman–Crippen MR) is 51.1 cm³/mol. The van der Waals surface area contributed by atoms with E-state index in [2.05, 4.69) is 20.7 Å². The number of carbonyl (C=O) groups is 1. The minimum Gasteiger partial charge on any atom is -0.390 e. The molecule has 1 aromatic rings. The third-order valence-electron chi connectivity index (χ3n) is 2.60. The van der Waals surface area contributed by atoms with Crippen molar-refractivity contribution in [2.75, 3.05) is 20.1 Å². The summed E-state index contributed by atoms with van der Waals surface area (Å²) in [6.45, 7) is 1.11. The Morgan fingerprint density at radius 2 is 2.47 bits per heavy atom. The van der Waals surface area contributed by atoms with Crippen LogP contribution >= 0.6 is 0 Å². The first kappa shape index (κ1) is 10.1. The molecule has 82 valence electrons. The number of amides is 1. The summed E-state index contributed by atoms with van der Waals surface area (Å²) in [4.78, 5) is 13.3. The monoisotopic (exact) mass is 211 g/mol. The maximum absolute atomic E-state index is 11.8. The van der Waals surface area contributed by atoms with Crippen LogP contribution in [0.15, 0.2) is 6.20 Å². The lowest BCUT2D eigenvalue weighted by atomic mass is 10.2. The summed E-state index contributed by atoms with van der Waals surface area (Å²) in [6, 6.07) is -0.200. The third kappa shape index (κ3) is 1.83. The normalized spacial score (nSPS) is 25.5. The van der Waals surface area contributed by atoms with E-state index in [0.717, 1.165) is 0 Å². The summed E-state index contributed by atoms with van der Waals surface area (Å²) >= 11 is 0. The smallest absolute Gasteiger partial charge is 0.276 e. The molecular formula is C8H13N5O2. The lowest BCUT2D eigenvalue weighted by Crippen LogP contribution is -2.44. The van der Waals surface area contributed by atoms with Crippen molar-refractivity contribution in [1.82, 2.24) is 25.6 Å². The molecule has 0 saturated carbocycles. The van der Waals surface area contributed by atoms with E-state index >= 15 is 0 Å². The number of hydrogen-bond donors (Lipinski definition) is 3. The van der Waals surface area contributed by atoms with E-state index in [4.69, 9.17) is 0 Å². The summed E-state index contributed by atoms with van der Waals surface area (Å²) in [7, 11) is 1.65. The molecule has 1 aliphatic rings. The van der Waals surface area contributed by atoms with Gasteiger partial charge in [-0.3, -0.25) is 4.79 Å². The van der Waals surface area contributed by atoms with Crippen LogP contribution in [0.3, 0.4) is 0 Å². The molecule has 2 heterocycles. The van der Waals surface area contributed by atoms with Gasteiger partial charge in [-0.2, -0.15) is 15.4 Å². The summed E-state index contributed by atoms with van der Waals surface area (Å²) in [5, 5.41) is 22.3. The zero-order chi connectivity index (χ0) is 10.8. The van der Waals surface area contributed by atoms with Crippen LogP contribution in [0.4, 0.5) is 0 Å². The largest absolute Gasteiger partial charge is 0.390 e. The molecule has 1 saturated heterocycles. The van der Waals surface area contributed by atoms with Crippen molar-refractivity contribution >= 4 is 5.91 Å². The van der Waals surface area contributed by atoms with E-state index in [1.165, 1.54) is 11.1 Å². The Hall–Kier alpha value is -1.47. The number of carbonyl (C=O) groups excluding carboxylic acids is 1. The van der Waals surface area contributed by atoms with Gasteiger partial charge < -0.3 is 15.3 Å². The Morgan fingerprint density at radius 1 is 1.67 bits per heavy atom. The highest BCUT2D eigenvalue weighted by molar-refractivity contribution is 5.92. The predicted octanol–water partition coefficient (Wildman–Crippen LogP) is -1.79. The zero-order valence-corrected chi connectivity index (χ0v) is 8.34. The number of hydrogen-bond acceptors (Lipinski definition) is 5. The summed E-state index contributed by atoms with van der Waals surface area (Å²) in [6.07, 6.45) is 0.846. The number of nitrogens with one attached hydrogen (secondary N) is 2. The van der Waals surface area contributed by atoms with Crippen molar-refractivity contribution < 1.29 is 9.90 Å². The molecule has 2 rings (SSSR count). The molecule has 7 nitrogen and oxygen atoms in total. The van der Waals surface area contributed by atoms with E-state index in [0.29, 0.717) is 13.1 Å². The number of aromatic nitrogens is 3. The number of aliphatic hydroxyl groups excluding tert-OH is 1. The second kappa shape index (κ2) is 3.95. The highest BCUT2D eigenvalue weighted by Gasteiger charge is 2.32. The van der Waals surface area contributed by atoms with Crippen molar-refractivity contribution in [2.24, 2.45) is 0 Å². The lowest BCUT2D eigenvalue weighted by Gasteiger charge is -2.25. The first-order valence-corrected chi connectivity index (χ1v) is 4.72. The molecule has 15 heavy (non-hydrogen) atoms. The number of aliphatic hydroxyl groups is 1. The van der Waals surface area contributed by atoms with Gasteiger partial charge >= 0.3 is 0 Å². The quantitative estimate of drug-likeness (QED) is 0.537. The van der Waals surface area contributed by atoms with Crippen molar-refractivity contribution in [3.8, 4) is 0 Å². The van der Waals surface area contributed by atoms with Crippen molar-refractivity contribution in [3.05, 3.63) is 11.9 Å². The van der Waals surface area contributed by atoms with Crippen molar-refractivity contribution in [3.63, 3.8) is 0 Å². The van der Waals surface area contributed by atoms with Crippen LogP contribution in [0, 0.1) is 0 Å². The molecule has 1 aromatic heterocycles. The number of likely N-dealkylation sites (N-methyl/N-ethyl adjacent to an activating group) is 1. The second-order valence-corrected chi connectivity index (χ2v) is 3.56. The van der Waals surface area contributed by atoms with Gasteiger partial charge in [0.05, 0.1) is 18.3 Å². The van der Waals surface area contributed by atoms with Crippen LogP contribution in [0.5, 0.6) is 0 Å². The van der Waals surface area contributed by atoms with Crippen molar-refractivity contribution in [2.45, 2.75) is 12.1 Å². The lowest BCUT2D eigenvalue weighted by molar-refractivity contribution is 0.0576. The van der Waals surface area contributed by atoms with Gasteiger partial charge in [-0.25, -0.2) is 0 Å². The number of rotatable bonds is 2. The summed E-state index contributed by atoms with van der Waals surface area (Å²) in [5.41, 5.74) is 0.261. The van der Waals surface area contributed by atoms with Crippen LogP contribution in [-0.4, -0.2) is 63.6 Å². The number of β-amino-alcohol motifs (C(OH)–C–C–N with tert-alkyl or cyclic N) is 1. The van der Waals surface area contributed by atoms with Gasteiger partial charge in [-0.15, -0.1) is 0 Å². The fourth-order valence-corrected chi connectivity index (χ4v) is 1.68. The standard InChI is InChI=1S/C8H13N5O2/c1-13(6-3-9-4-7(6)14)8(15)5-2-10-12-11-5/h2,6-7,9,14H,3-4H2,1H3,(H,10,11,12)/t6-,7-/m0/s1. The zero-order valence-electron chi connectivity index (χ0n) is 8.34. The van der Waals surface area contributed by atoms with Crippen LogP contribution < -0.4 is 5.32 Å². The van der Waals surface area contributed by atoms with Gasteiger partial charge in [-0.1, -0.05) is 0 Å². The fourth-order valence-electron chi connectivity index (χ4n) is 1.68. The highest BCUT2D eigenvalue weighted by Crippen LogP contribution is 2.09. The molecule has 1 fully saturated rings. The third-order valence-corrected chi connectivity index (χ3v) is 2.60. The molecule has 0 bridgehead atoms. The molecule has 0 spiro atoms. The Labute approximate surface area is 86.5 Å². The van der Waals surface area contributed by atoms with Gasteiger partial charge in [0.2, 0.25) is 0 Å². The van der Waals surface area contributed by atoms with Gasteiger partial charge in [0.1, 0.15) is 0 Å². The molecule has 7 heteroatoms. The van der Waals surface area contributed by atoms with Gasteiger partial charge in [-0.05, 0) is 0 Å². The molecule has 0 radical (unpaired) electrons. The Balaban J connectivity index is 2.07. The maximum atomic E-state index is 11.8. The average Bonchev–Trinajstić information content (AvgIpc) is 2.85. The second-order valence-electron chi connectivity index (χ2n) is 3.56. The van der Waals surface area contributed by atoms with Gasteiger partial charge in [0, 0.05) is 20.1 Å². The Morgan fingerprint density at radius 3 is 3.00 bits per heavy atom. The SMILES string of the molecule is CN(C(=O)c1cn[nH]n1)[C@H]1CNC[C@@H]1O. The van der Waals surface area contributed by atoms with E-state index in [1.807, 2.05) is 0 Å². The average molecular weight is 211 g/mol. The molecule has 3 N–H and O–H groups in total. The highest BCUT2D eigenvalue weighted by atomic mass is 16.3. The molecule has 1 aliphatic heterocycles. The van der Waals surface area contributed by atoms with E-state index in [-0.39, 0.29) is 17.6 Å². The minimum absolute atomic E-state index is 0.200. The summed E-state index contributed by atoms with van der Waals surface area (Å²) < 4.78 is 0. The van der Waals surface area contributed by atoms with Gasteiger partial charge in [0.25, 0.3) is 5.91 Å². The topological polar surface area (TPSA) is 94.1 Å². The van der Waals surface area contributed by atoms with Crippen LogP contribution in [0.2, 0.25) is 0 Å². The van der Waals surface area contributed by atoms with Crippen LogP contribution in [-0.2, 0) is 0 Å². The Kier molecular flexibility index (Phi) is 2.65. The summed E-state index contributed by atoms with van der Waals surface area (Å²) in [5.74, 6) is -0.239. The number of nitrogens with zero attached hydrogens (tertiary/aromatic N) is 3.